The van der Waals surface area contributed by atoms with Crippen molar-refractivity contribution in [1.82, 2.24) is 10.6 Å². The van der Waals surface area contributed by atoms with Gasteiger partial charge < -0.3 is 65.5 Å². The first-order valence-corrected chi connectivity index (χ1v) is 10.6. The van der Waals surface area contributed by atoms with Crippen LogP contribution in [0.1, 0.15) is 50.7 Å². The molecule has 198 valence electrons. The van der Waals surface area contributed by atoms with Crippen molar-refractivity contribution in [3.8, 4) is 11.5 Å². The van der Waals surface area contributed by atoms with Gasteiger partial charge in [0.2, 0.25) is 0 Å². The maximum absolute atomic E-state index is 9.91. The number of benzene rings is 2. The third-order valence-corrected chi connectivity index (χ3v) is 4.86. The Balaban J connectivity index is -0.000000818. The molecule has 0 bridgehead atoms. The first kappa shape index (κ1) is 37.7. The Morgan fingerprint density at radius 3 is 1.34 bits per heavy atom. The summed E-state index contributed by atoms with van der Waals surface area (Å²) in [6.45, 7) is 3.29. The zero-order valence-electron chi connectivity index (χ0n) is 19.6. The number of para-hydroxylation sites is 2. The van der Waals surface area contributed by atoms with E-state index in [9.17, 15) is 10.2 Å². The zero-order chi connectivity index (χ0) is 23.9. The van der Waals surface area contributed by atoms with E-state index in [1.165, 1.54) is 12.8 Å². The minimum absolute atomic E-state index is 0. The van der Waals surface area contributed by atoms with Gasteiger partial charge in [-0.15, -0.1) is 0 Å². The number of hydrogen-bond acceptors (Lipinski definition) is 8. The number of hydrogen-bond donors (Lipinski definition) is 4. The van der Waals surface area contributed by atoms with E-state index in [1.54, 1.807) is 12.1 Å². The van der Waals surface area contributed by atoms with E-state index < -0.39 is 11.9 Å². The van der Waals surface area contributed by atoms with Crippen molar-refractivity contribution in [2.24, 2.45) is 0 Å². The van der Waals surface area contributed by atoms with Gasteiger partial charge in [0.05, 0.1) is 0 Å². The number of phenols is 2. The summed E-state index contributed by atoms with van der Waals surface area (Å²) in [6.07, 6.45) is 4.72. The van der Waals surface area contributed by atoms with Crippen molar-refractivity contribution < 1.29 is 75.9 Å². The largest absolute Gasteiger partial charge is 4.00 e. The van der Waals surface area contributed by atoms with Gasteiger partial charge in [-0.3, -0.25) is 0 Å². The van der Waals surface area contributed by atoms with Crippen LogP contribution >= 0.6 is 0 Å². The number of aliphatic carboxylic acids is 2. The van der Waals surface area contributed by atoms with Gasteiger partial charge >= 0.3 is 21.1 Å². The van der Waals surface area contributed by atoms with Crippen LogP contribution in [0.2, 0.25) is 0 Å². The van der Waals surface area contributed by atoms with Gasteiger partial charge in [-0.2, -0.15) is 0 Å². The molecule has 0 saturated heterocycles. The zero-order valence-corrected chi connectivity index (χ0v) is 23.4. The van der Waals surface area contributed by atoms with Crippen LogP contribution in [0.5, 0.6) is 11.5 Å². The molecular weight excluding hydrogens is 678 g/mol. The second kappa shape index (κ2) is 21.5. The van der Waals surface area contributed by atoms with Crippen molar-refractivity contribution in [2.75, 3.05) is 0 Å². The second-order valence-electron chi connectivity index (χ2n) is 7.50. The third kappa shape index (κ3) is 17.3. The van der Waals surface area contributed by atoms with E-state index in [1.807, 2.05) is 36.4 Å². The molecule has 0 spiro atoms. The number of carboxylic acid groups (broad SMARTS) is 2. The monoisotopic (exact) mass is 709 g/mol. The van der Waals surface area contributed by atoms with Gasteiger partial charge in [0.25, 0.3) is 0 Å². The Hall–Kier alpha value is -1.83. The van der Waals surface area contributed by atoms with Gasteiger partial charge in [-0.1, -0.05) is 49.2 Å². The molecular formula is C24H32Cl2N2O6Pt. The minimum atomic E-state index is -1.08. The van der Waals surface area contributed by atoms with Crippen molar-refractivity contribution in [3.05, 3.63) is 59.7 Å². The number of aromatic hydroxyl groups is 2. The fourth-order valence-electron chi connectivity index (χ4n) is 3.42. The molecule has 3 rings (SSSR count). The van der Waals surface area contributed by atoms with Crippen LogP contribution in [0.25, 0.3) is 0 Å². The van der Waals surface area contributed by atoms with Gasteiger partial charge in [-0.25, -0.2) is 0 Å². The summed E-state index contributed by atoms with van der Waals surface area (Å²) in [5, 5.41) is 44.8. The summed E-state index contributed by atoms with van der Waals surface area (Å²) in [5.74, 6) is -1.47. The molecule has 1 fully saturated rings. The molecule has 1 saturated carbocycles. The summed E-state index contributed by atoms with van der Waals surface area (Å²) in [7, 11) is 0. The average Bonchev–Trinajstić information content (AvgIpc) is 2.72. The molecule has 0 amide bonds. The van der Waals surface area contributed by atoms with Crippen LogP contribution in [-0.2, 0) is 43.7 Å². The molecule has 2 aromatic carbocycles. The van der Waals surface area contributed by atoms with Crippen LogP contribution in [0, 0.1) is 0 Å². The molecule has 2 aromatic rings. The Bertz CT molecular complexity index is 783. The fourth-order valence-corrected chi connectivity index (χ4v) is 3.42. The Morgan fingerprint density at radius 1 is 0.771 bits per heavy atom. The van der Waals surface area contributed by atoms with Gasteiger partial charge in [0.1, 0.15) is 11.5 Å². The topological polar surface area (TPSA) is 145 Å². The number of carbonyl (C=O) groups is 2. The first-order chi connectivity index (χ1) is 15.2. The van der Waals surface area contributed by atoms with E-state index in [2.05, 4.69) is 10.6 Å². The normalized spacial score (nSPS) is 15.7. The molecule has 0 aliphatic heterocycles. The van der Waals surface area contributed by atoms with Crippen molar-refractivity contribution in [2.45, 2.75) is 64.7 Å². The van der Waals surface area contributed by atoms with Crippen molar-refractivity contribution >= 4 is 11.9 Å². The minimum Gasteiger partial charge on any atom is -1.00 e. The maximum Gasteiger partial charge on any atom is 4.00 e. The molecule has 1 aliphatic rings. The van der Waals surface area contributed by atoms with E-state index in [-0.39, 0.29) is 45.9 Å². The van der Waals surface area contributed by atoms with Crippen molar-refractivity contribution in [3.63, 3.8) is 0 Å². The molecule has 4 N–H and O–H groups in total. The molecule has 1 aliphatic carbocycles. The second-order valence-corrected chi connectivity index (χ2v) is 7.50. The Morgan fingerprint density at radius 2 is 1.06 bits per heavy atom. The predicted octanol–water partition coefficient (Wildman–Crippen LogP) is -5.19. The summed E-state index contributed by atoms with van der Waals surface area (Å²) in [6, 6.07) is 15.7. The van der Waals surface area contributed by atoms with Gasteiger partial charge in [0.15, 0.2) is 0 Å². The number of carbonyl (C=O) groups excluding carboxylic acids is 2. The quantitative estimate of drug-likeness (QED) is 0.233. The number of phenolic OH excluding ortho intramolecular Hbond substituents is 2. The summed E-state index contributed by atoms with van der Waals surface area (Å²) >= 11 is 0. The SMILES string of the molecule is CC(=O)[O-].CC(=O)[O-].Oc1ccccc1CN[C@@H]1CCCC[C@H]1NCc1ccccc1O.[Cl-].[Cl-].[Pt+4]. The standard InChI is InChI=1S/C20H26N2O2.2C2H4O2.2ClH.Pt/c23-19-11-5-1-7-15(19)13-21-17-9-3-4-10-18(17)22-14-16-8-2-6-12-20(16)24;2*1-2(3)4;;;/h1-2,5-8,11-12,17-18,21-24H,3-4,9-10,13-14H2;2*1H3,(H,3,4);2*1H;/q;;;;;+4/p-4/t17-,18-;;;;;/m1...../s1. The summed E-state index contributed by atoms with van der Waals surface area (Å²) in [5.41, 5.74) is 1.87. The average molecular weight is 711 g/mol. The first-order valence-electron chi connectivity index (χ1n) is 10.6. The van der Waals surface area contributed by atoms with Crippen LogP contribution in [0.4, 0.5) is 0 Å². The van der Waals surface area contributed by atoms with Crippen molar-refractivity contribution in [1.29, 1.82) is 0 Å². The third-order valence-electron chi connectivity index (χ3n) is 4.86. The molecule has 0 aromatic heterocycles. The molecule has 8 nitrogen and oxygen atoms in total. The van der Waals surface area contributed by atoms with Crippen LogP contribution in [-0.4, -0.2) is 34.2 Å². The molecule has 0 unspecified atom stereocenters. The Kier molecular flexibility index (Phi) is 23.1. The van der Waals surface area contributed by atoms with E-state index >= 15 is 0 Å². The summed E-state index contributed by atoms with van der Waals surface area (Å²) < 4.78 is 0. The molecule has 0 heterocycles. The number of carboxylic acids is 2. The molecule has 11 heteroatoms. The van der Waals surface area contributed by atoms with Crippen LogP contribution < -0.4 is 45.7 Å². The summed E-state index contributed by atoms with van der Waals surface area (Å²) in [4.78, 5) is 17.8. The van der Waals surface area contributed by atoms with E-state index in [0.29, 0.717) is 36.7 Å². The predicted molar refractivity (Wildman–Crippen MR) is 117 cm³/mol. The van der Waals surface area contributed by atoms with E-state index in [0.717, 1.165) is 37.8 Å². The molecule has 35 heavy (non-hydrogen) atoms. The number of rotatable bonds is 6. The number of nitrogens with one attached hydrogen (secondary N) is 2. The smallest absolute Gasteiger partial charge is 1.00 e. The fraction of sp³-hybridized carbons (Fsp3) is 0.417. The van der Waals surface area contributed by atoms with E-state index in [4.69, 9.17) is 19.8 Å². The molecule has 0 radical (unpaired) electrons. The van der Waals surface area contributed by atoms with Gasteiger partial charge in [0, 0.05) is 48.2 Å². The molecule has 2 atom stereocenters. The van der Waals surface area contributed by atoms with Crippen LogP contribution in [0.3, 0.4) is 0 Å². The van der Waals surface area contributed by atoms with Gasteiger partial charge in [-0.05, 0) is 38.8 Å². The Labute approximate surface area is 233 Å². The maximum atomic E-state index is 9.91. The number of halogens is 2. The van der Waals surface area contributed by atoms with Crippen LogP contribution in [0.15, 0.2) is 48.5 Å².